The molecule has 0 saturated heterocycles. The fourth-order valence-electron chi connectivity index (χ4n) is 3.50. The van der Waals surface area contributed by atoms with Crippen molar-refractivity contribution in [2.24, 2.45) is 0 Å². The van der Waals surface area contributed by atoms with Crippen LogP contribution in [0.3, 0.4) is 0 Å². The number of fused-ring (bicyclic) bond motifs is 2. The predicted octanol–water partition coefficient (Wildman–Crippen LogP) is 5.42. The molecule has 0 atom stereocenters. The van der Waals surface area contributed by atoms with E-state index in [2.05, 4.69) is 23.8 Å². The summed E-state index contributed by atoms with van der Waals surface area (Å²) in [5.74, 6) is 1.37. The third-order valence-corrected chi connectivity index (χ3v) is 5.42. The number of carbonyl (C=O) groups is 1. The second-order valence-electron chi connectivity index (χ2n) is 6.50. The highest BCUT2D eigenvalue weighted by Crippen LogP contribution is 2.44. The van der Waals surface area contributed by atoms with Gasteiger partial charge in [0.2, 0.25) is 5.91 Å². The van der Waals surface area contributed by atoms with E-state index in [4.69, 9.17) is 4.74 Å². The van der Waals surface area contributed by atoms with Gasteiger partial charge in [0.1, 0.15) is 11.5 Å². The lowest BCUT2D eigenvalue weighted by Crippen LogP contribution is -2.36. The molecule has 2 heterocycles. The maximum absolute atomic E-state index is 13.6. The molecular weight excluding hydrogens is 342 g/mol. The van der Waals surface area contributed by atoms with Gasteiger partial charge in [0, 0.05) is 24.2 Å². The van der Waals surface area contributed by atoms with Gasteiger partial charge in [0.25, 0.3) is 0 Å². The third kappa shape index (κ3) is 3.13. The van der Waals surface area contributed by atoms with E-state index in [9.17, 15) is 4.79 Å². The second-order valence-corrected chi connectivity index (χ2v) is 7.28. The summed E-state index contributed by atoms with van der Waals surface area (Å²) in [5, 5.41) is 4.17. The fourth-order valence-corrected chi connectivity index (χ4v) is 4.16. The van der Waals surface area contributed by atoms with Crippen LogP contribution < -0.4 is 4.74 Å². The Labute approximate surface area is 157 Å². The van der Waals surface area contributed by atoms with Gasteiger partial charge in [-0.3, -0.25) is 4.79 Å². The van der Waals surface area contributed by atoms with Crippen molar-refractivity contribution in [3.63, 3.8) is 0 Å². The Hall–Kier alpha value is -2.59. The lowest BCUT2D eigenvalue weighted by atomic mass is 9.86. The van der Waals surface area contributed by atoms with Gasteiger partial charge in [-0.2, -0.15) is 11.3 Å². The largest absolute Gasteiger partial charge is 0.457 e. The highest BCUT2D eigenvalue weighted by atomic mass is 32.1. The number of thiophene rings is 1. The van der Waals surface area contributed by atoms with Crippen LogP contribution in [0.1, 0.15) is 36.0 Å². The second kappa shape index (κ2) is 7.34. The number of hydrogen-bond acceptors (Lipinski definition) is 3. The molecule has 1 amide bonds. The normalized spacial score (nSPS) is 12.8. The fraction of sp³-hybridized carbons (Fsp3) is 0.227. The Balaban J connectivity index is 1.74. The Morgan fingerprint density at radius 3 is 2.27 bits per heavy atom. The van der Waals surface area contributed by atoms with E-state index in [0.717, 1.165) is 35.6 Å². The Morgan fingerprint density at radius 2 is 1.69 bits per heavy atom. The summed E-state index contributed by atoms with van der Waals surface area (Å²) in [4.78, 5) is 15.6. The molecule has 0 saturated carbocycles. The minimum Gasteiger partial charge on any atom is -0.457 e. The number of amides is 1. The van der Waals surface area contributed by atoms with Gasteiger partial charge in [-0.1, -0.05) is 43.3 Å². The summed E-state index contributed by atoms with van der Waals surface area (Å²) in [6.07, 6.45) is 0.933. The smallest absolute Gasteiger partial charge is 0.235 e. The van der Waals surface area contributed by atoms with Crippen LogP contribution in [0, 0.1) is 0 Å². The average Bonchev–Trinajstić information content (AvgIpc) is 3.18. The minimum atomic E-state index is -0.318. The van der Waals surface area contributed by atoms with Crippen LogP contribution in [0.4, 0.5) is 0 Å². The molecule has 26 heavy (non-hydrogen) atoms. The van der Waals surface area contributed by atoms with Crippen LogP contribution in [0.5, 0.6) is 11.5 Å². The van der Waals surface area contributed by atoms with Gasteiger partial charge in [-0.15, -0.1) is 0 Å². The Bertz CT molecular complexity index is 859. The van der Waals surface area contributed by atoms with Crippen molar-refractivity contribution < 1.29 is 9.53 Å². The SMILES string of the molecule is CCCN(Cc1ccsc1)C(=O)C1c2ccccc2Oc2ccccc21. The first kappa shape index (κ1) is 16.9. The van der Waals surface area contributed by atoms with Crippen molar-refractivity contribution in [2.45, 2.75) is 25.8 Å². The molecule has 0 N–H and O–H groups in total. The van der Waals surface area contributed by atoms with E-state index in [1.807, 2.05) is 53.4 Å². The lowest BCUT2D eigenvalue weighted by molar-refractivity contribution is -0.132. The molecule has 0 fully saturated rings. The maximum atomic E-state index is 13.6. The summed E-state index contributed by atoms with van der Waals surface area (Å²) in [5.41, 5.74) is 3.08. The minimum absolute atomic E-state index is 0.140. The van der Waals surface area contributed by atoms with Gasteiger partial charge in [-0.05, 0) is 40.9 Å². The number of benzene rings is 2. The van der Waals surface area contributed by atoms with Gasteiger partial charge in [0.05, 0.1) is 5.92 Å². The molecule has 0 aliphatic carbocycles. The molecule has 2 aromatic carbocycles. The molecule has 0 unspecified atom stereocenters. The standard InChI is InChI=1S/C22H21NO2S/c1-2-12-23(14-16-11-13-26-15-16)22(24)21-17-7-3-5-9-19(17)25-20-10-6-4-8-18(20)21/h3-11,13,15,21H,2,12,14H2,1H3. The van der Waals surface area contributed by atoms with E-state index in [0.29, 0.717) is 6.54 Å². The Morgan fingerprint density at radius 1 is 1.04 bits per heavy atom. The molecule has 0 bridgehead atoms. The van der Waals surface area contributed by atoms with E-state index < -0.39 is 0 Å². The van der Waals surface area contributed by atoms with Crippen LogP contribution in [0.25, 0.3) is 0 Å². The number of nitrogens with zero attached hydrogens (tertiary/aromatic N) is 1. The van der Waals surface area contributed by atoms with Crippen molar-refractivity contribution in [3.8, 4) is 11.5 Å². The number of carbonyl (C=O) groups excluding carboxylic acids is 1. The number of para-hydroxylation sites is 2. The highest BCUT2D eigenvalue weighted by Gasteiger charge is 2.34. The van der Waals surface area contributed by atoms with Gasteiger partial charge >= 0.3 is 0 Å². The molecule has 4 rings (SSSR count). The summed E-state index contributed by atoms with van der Waals surface area (Å²) in [7, 11) is 0. The first-order valence-corrected chi connectivity index (χ1v) is 9.87. The summed E-state index contributed by atoms with van der Waals surface area (Å²) >= 11 is 1.67. The number of hydrogen-bond donors (Lipinski definition) is 0. The first-order valence-electron chi connectivity index (χ1n) is 8.93. The van der Waals surface area contributed by atoms with Crippen molar-refractivity contribution in [3.05, 3.63) is 82.0 Å². The van der Waals surface area contributed by atoms with Gasteiger partial charge < -0.3 is 9.64 Å². The van der Waals surface area contributed by atoms with Gasteiger partial charge in [-0.25, -0.2) is 0 Å². The third-order valence-electron chi connectivity index (χ3n) is 4.69. The Kier molecular flexibility index (Phi) is 4.76. The van der Waals surface area contributed by atoms with E-state index in [1.54, 1.807) is 11.3 Å². The summed E-state index contributed by atoms with van der Waals surface area (Å²) < 4.78 is 6.03. The highest BCUT2D eigenvalue weighted by molar-refractivity contribution is 7.07. The first-order chi connectivity index (χ1) is 12.8. The van der Waals surface area contributed by atoms with Crippen LogP contribution in [-0.2, 0) is 11.3 Å². The summed E-state index contributed by atoms with van der Waals surface area (Å²) in [6, 6.07) is 17.8. The molecule has 0 radical (unpaired) electrons. The zero-order valence-corrected chi connectivity index (χ0v) is 15.5. The van der Waals surface area contributed by atoms with E-state index in [1.165, 1.54) is 5.56 Å². The molecule has 3 nitrogen and oxygen atoms in total. The molecule has 3 aromatic rings. The van der Waals surface area contributed by atoms with Crippen molar-refractivity contribution in [2.75, 3.05) is 6.54 Å². The molecule has 1 aliphatic heterocycles. The van der Waals surface area contributed by atoms with Crippen LogP contribution >= 0.6 is 11.3 Å². The molecule has 132 valence electrons. The van der Waals surface area contributed by atoms with Gasteiger partial charge in [0.15, 0.2) is 0 Å². The topological polar surface area (TPSA) is 29.5 Å². The zero-order valence-electron chi connectivity index (χ0n) is 14.7. The molecule has 1 aromatic heterocycles. The monoisotopic (exact) mass is 363 g/mol. The van der Waals surface area contributed by atoms with Crippen LogP contribution in [0.2, 0.25) is 0 Å². The number of ether oxygens (including phenoxy) is 1. The average molecular weight is 363 g/mol. The zero-order chi connectivity index (χ0) is 17.9. The van der Waals surface area contributed by atoms with Crippen LogP contribution in [0.15, 0.2) is 65.4 Å². The van der Waals surface area contributed by atoms with Crippen LogP contribution in [-0.4, -0.2) is 17.4 Å². The van der Waals surface area contributed by atoms with Crippen molar-refractivity contribution in [1.82, 2.24) is 4.90 Å². The molecule has 1 aliphatic rings. The van der Waals surface area contributed by atoms with E-state index >= 15 is 0 Å². The lowest BCUT2D eigenvalue weighted by Gasteiger charge is -2.32. The molecule has 0 spiro atoms. The number of rotatable bonds is 5. The summed E-state index contributed by atoms with van der Waals surface area (Å²) in [6.45, 7) is 3.51. The molecule has 4 heteroatoms. The maximum Gasteiger partial charge on any atom is 0.235 e. The van der Waals surface area contributed by atoms with Crippen molar-refractivity contribution >= 4 is 17.2 Å². The predicted molar refractivity (Wildman–Crippen MR) is 105 cm³/mol. The van der Waals surface area contributed by atoms with Crippen molar-refractivity contribution in [1.29, 1.82) is 0 Å². The molecular formula is C22H21NO2S. The van der Waals surface area contributed by atoms with E-state index in [-0.39, 0.29) is 11.8 Å². The quantitative estimate of drug-likeness (QED) is 0.605.